The smallest absolute Gasteiger partial charge is 0.673 e. The summed E-state index contributed by atoms with van der Waals surface area (Å²) in [5, 5.41) is 22.3. The van der Waals surface area contributed by atoms with Crippen LogP contribution in [0.2, 0.25) is 0 Å². The quantitative estimate of drug-likeness (QED) is 0.272. The molecule has 0 saturated carbocycles. The molecule has 226 valence electrons. The minimum Gasteiger partial charge on any atom is -0.673 e. The summed E-state index contributed by atoms with van der Waals surface area (Å²) in [4.78, 5) is 4.68. The van der Waals surface area contributed by atoms with Crippen LogP contribution in [0.1, 0.15) is 122 Å². The Kier molecular flexibility index (Phi) is 10.2. The molecule has 38 heavy (non-hydrogen) atoms. The molecular weight excluding hydrogens is 571 g/mol. The van der Waals surface area contributed by atoms with E-state index in [4.69, 9.17) is 21.3 Å². The van der Waals surface area contributed by atoms with Crippen LogP contribution >= 0.6 is 0 Å². The summed E-state index contributed by atoms with van der Waals surface area (Å²) >= 11 is 0. The minimum atomic E-state index is 0. The van der Waals surface area contributed by atoms with E-state index in [0.29, 0.717) is 18.2 Å². The third-order valence-electron chi connectivity index (χ3n) is 8.60. The summed E-state index contributed by atoms with van der Waals surface area (Å²) in [6, 6.07) is 0. The van der Waals surface area contributed by atoms with Gasteiger partial charge in [0.15, 0.2) is 0 Å². The van der Waals surface area contributed by atoms with Gasteiger partial charge in [-0.2, -0.15) is 0 Å². The van der Waals surface area contributed by atoms with E-state index in [1.807, 2.05) is 0 Å². The molecule has 0 bridgehead atoms. The molecule has 0 spiro atoms. The molecule has 8 heteroatoms. The maximum atomic E-state index is 4.71. The van der Waals surface area contributed by atoms with Gasteiger partial charge in [-0.25, -0.2) is 12.3 Å². The molecule has 2 radical (unpaired) electrons. The number of nitrogens with one attached hydrogen (secondary N) is 1. The molecule has 6 nitrogen and oxygen atoms in total. The van der Waals surface area contributed by atoms with Crippen LogP contribution in [0.5, 0.6) is 0 Å². The van der Waals surface area contributed by atoms with Crippen LogP contribution in [0.25, 0.3) is 21.3 Å². The molecule has 6 aliphatic heterocycles. The molecule has 1 N–H and O–H groups in total. The van der Waals surface area contributed by atoms with Gasteiger partial charge in [0.05, 0.1) is 5.54 Å². The molecule has 1 atom stereocenters. The van der Waals surface area contributed by atoms with Crippen molar-refractivity contribution in [3.8, 4) is 0 Å². The van der Waals surface area contributed by atoms with Crippen LogP contribution in [0.4, 0.5) is 0 Å². The van der Waals surface area contributed by atoms with E-state index in [0.717, 1.165) is 11.8 Å². The average molecular weight is 626 g/mol. The van der Waals surface area contributed by atoms with Crippen molar-refractivity contribution in [1.29, 1.82) is 0 Å². The first-order valence-corrected chi connectivity index (χ1v) is 14.4. The van der Waals surface area contributed by atoms with Crippen molar-refractivity contribution < 1.29 is 34.1 Å². The first kappa shape index (κ1) is 34.5. The second-order valence-corrected chi connectivity index (χ2v) is 16.4. The predicted octanol–water partition coefficient (Wildman–Crippen LogP) is 8.03. The maximum absolute atomic E-state index is 4.71. The molecule has 0 aromatic heterocycles. The normalized spacial score (nSPS) is 38.4. The van der Waals surface area contributed by atoms with Gasteiger partial charge in [0.25, 0.3) is 0 Å². The predicted molar refractivity (Wildman–Crippen MR) is 154 cm³/mol. The van der Waals surface area contributed by atoms with Gasteiger partial charge in [-0.1, -0.05) is 92.9 Å². The van der Waals surface area contributed by atoms with Crippen LogP contribution in [-0.2, 0) is 34.1 Å². The summed E-state index contributed by atoms with van der Waals surface area (Å²) in [6.07, 6.45) is 8.00. The van der Waals surface area contributed by atoms with E-state index >= 15 is 0 Å². The molecule has 0 aromatic carbocycles. The Morgan fingerprint density at radius 1 is 0.553 bits per heavy atom. The van der Waals surface area contributed by atoms with Crippen molar-refractivity contribution in [1.82, 2.24) is 5.32 Å². The van der Waals surface area contributed by atoms with E-state index in [9.17, 15) is 0 Å². The Morgan fingerprint density at radius 3 is 1.18 bits per heavy atom. The van der Waals surface area contributed by atoms with Crippen molar-refractivity contribution in [3.05, 3.63) is 21.3 Å². The molecule has 1 unspecified atom stereocenters. The number of rotatable bonds is 0. The second-order valence-electron chi connectivity index (χ2n) is 16.4. The molecule has 6 aliphatic rings. The molecule has 6 heterocycles. The van der Waals surface area contributed by atoms with Gasteiger partial charge in [-0.15, -0.1) is 22.2 Å². The summed E-state index contributed by atoms with van der Waals surface area (Å²) in [7, 11) is 0. The number of fused-ring (bicyclic) bond motifs is 3. The van der Waals surface area contributed by atoms with E-state index in [1.165, 1.54) is 44.4 Å². The number of nitrogens with zero attached hydrogens (tertiary/aromatic N) is 5. The maximum Gasteiger partial charge on any atom is 2.00 e. The van der Waals surface area contributed by atoms with Crippen molar-refractivity contribution >= 4 is 5.84 Å². The summed E-state index contributed by atoms with van der Waals surface area (Å²) < 4.78 is 0. The topological polar surface area (TPSA) is 80.8 Å². The Labute approximate surface area is 255 Å². The largest absolute Gasteiger partial charge is 2.00 e. The SMILES string of the molecule is CC1(C)CC2CC(C)(C)NC2=N1.CC1(C)CC2CC(C)(C)[N-]C2[N-]1.CC1(C)CC2CC(C)(C)[N-]C2[N-]1.[Cu+2].[Cu+2]. The monoisotopic (exact) mass is 624 g/mol. The number of amidine groups is 1. The van der Waals surface area contributed by atoms with E-state index < -0.39 is 0 Å². The third kappa shape index (κ3) is 8.68. The van der Waals surface area contributed by atoms with Gasteiger partial charge in [0, 0.05) is 11.5 Å². The van der Waals surface area contributed by atoms with E-state index in [1.54, 1.807) is 0 Å². The van der Waals surface area contributed by atoms with Crippen molar-refractivity contribution in [2.45, 2.75) is 167 Å². The molecule has 5 fully saturated rings. The Morgan fingerprint density at radius 2 is 0.895 bits per heavy atom. The van der Waals surface area contributed by atoms with Gasteiger partial charge < -0.3 is 26.6 Å². The van der Waals surface area contributed by atoms with Crippen molar-refractivity contribution in [2.24, 2.45) is 22.7 Å². The molecule has 0 amide bonds. The fourth-order valence-corrected chi connectivity index (χ4v) is 7.73. The Hall–Kier alpha value is 0.349. The van der Waals surface area contributed by atoms with Gasteiger partial charge >= 0.3 is 34.1 Å². The third-order valence-corrected chi connectivity index (χ3v) is 8.60. The average Bonchev–Trinajstić information content (AvgIpc) is 3.33. The Bertz CT molecular complexity index is 743. The van der Waals surface area contributed by atoms with Gasteiger partial charge in [0.2, 0.25) is 0 Å². The van der Waals surface area contributed by atoms with Crippen LogP contribution in [0, 0.1) is 17.8 Å². The van der Waals surface area contributed by atoms with E-state index in [2.05, 4.69) is 93.4 Å². The number of hydrogen-bond donors (Lipinski definition) is 1. The summed E-state index contributed by atoms with van der Waals surface area (Å²) in [5.41, 5.74) is 1.22. The van der Waals surface area contributed by atoms with Crippen LogP contribution in [0.3, 0.4) is 0 Å². The number of aliphatic imine (C=N–C) groups is 1. The zero-order valence-corrected chi connectivity index (χ0v) is 27.9. The van der Waals surface area contributed by atoms with Crippen LogP contribution < -0.4 is 5.32 Å². The number of hydrogen-bond acceptors (Lipinski definition) is 2. The van der Waals surface area contributed by atoms with Gasteiger partial charge in [-0.05, 0) is 40.5 Å². The zero-order valence-electron chi connectivity index (χ0n) is 26.0. The van der Waals surface area contributed by atoms with E-state index in [-0.39, 0.29) is 67.4 Å². The van der Waals surface area contributed by atoms with Crippen LogP contribution in [-0.4, -0.2) is 51.4 Å². The Balaban J connectivity index is 0.000000195. The molecular formula is C30H54Cu2N6. The minimum absolute atomic E-state index is 0. The standard InChI is InChI=1S/3C10H18N2.2Cu/c3*1-9(2)5-7-6-10(3,4)12-8(7)11-9;;/h7H,5-6H2,1-4H3,(H,11,12);2*7-8H,5-6H2,1-4H3;;/q;2*-2;2*+2. The fourth-order valence-electron chi connectivity index (χ4n) is 7.73. The summed E-state index contributed by atoms with van der Waals surface area (Å²) in [5.74, 6) is 3.42. The first-order valence-electron chi connectivity index (χ1n) is 14.4. The van der Waals surface area contributed by atoms with Crippen LogP contribution in [0.15, 0.2) is 4.99 Å². The van der Waals surface area contributed by atoms with Gasteiger partial charge in [-0.3, -0.25) is 4.99 Å². The second kappa shape index (κ2) is 11.2. The molecule has 5 saturated heterocycles. The first-order chi connectivity index (χ1) is 16.1. The molecule has 6 rings (SSSR count). The summed E-state index contributed by atoms with van der Waals surface area (Å²) in [6.45, 7) is 26.7. The van der Waals surface area contributed by atoms with Crippen molar-refractivity contribution in [2.75, 3.05) is 0 Å². The fraction of sp³-hybridized carbons (Fsp3) is 0.967. The molecule has 0 aliphatic carbocycles. The zero-order chi connectivity index (χ0) is 26.9. The molecule has 0 aromatic rings. The van der Waals surface area contributed by atoms with Crippen molar-refractivity contribution in [3.63, 3.8) is 0 Å². The van der Waals surface area contributed by atoms with Gasteiger partial charge in [0.1, 0.15) is 5.84 Å².